The van der Waals surface area contributed by atoms with Gasteiger partial charge >= 0.3 is 12.1 Å². The van der Waals surface area contributed by atoms with Gasteiger partial charge < -0.3 is 38.9 Å². The van der Waals surface area contributed by atoms with Gasteiger partial charge in [0.2, 0.25) is 0 Å². The van der Waals surface area contributed by atoms with Gasteiger partial charge in [0.15, 0.2) is 19.4 Å². The number of hydrogen-bond acceptors (Lipinski definition) is 11. The number of quaternary nitrogens is 1. The summed E-state index contributed by atoms with van der Waals surface area (Å²) in [6.07, 6.45) is -0.375. The van der Waals surface area contributed by atoms with Gasteiger partial charge in [-0.15, -0.1) is 0 Å². The third-order valence-corrected chi connectivity index (χ3v) is 7.44. The van der Waals surface area contributed by atoms with Crippen molar-refractivity contribution in [3.8, 4) is 17.2 Å². The monoisotopic (exact) mass is 654 g/mol. The zero-order chi connectivity index (χ0) is 34.0. The number of carboxylic acid groups (broad SMARTS) is 1. The van der Waals surface area contributed by atoms with Gasteiger partial charge in [0.05, 0.1) is 24.3 Å². The molecule has 2 atom stereocenters. The van der Waals surface area contributed by atoms with E-state index in [1.165, 1.54) is 63.8 Å². The summed E-state index contributed by atoms with van der Waals surface area (Å²) in [5, 5.41) is 15.3. The van der Waals surface area contributed by atoms with Gasteiger partial charge in [0.1, 0.15) is 41.7 Å². The Labute approximate surface area is 270 Å². The molecule has 1 saturated heterocycles. The van der Waals surface area contributed by atoms with Crippen LogP contribution in [0.3, 0.4) is 0 Å². The fraction of sp³-hybridized carbons (Fsp3) is 0.333. The first-order valence-corrected chi connectivity index (χ1v) is 14.6. The molecule has 0 bridgehead atoms. The molecule has 0 radical (unpaired) electrons. The number of halogens is 1. The smallest absolute Gasteiger partial charge is 0.398 e. The molecule has 0 saturated carbocycles. The van der Waals surface area contributed by atoms with Gasteiger partial charge in [0.25, 0.3) is 5.91 Å². The Morgan fingerprint density at radius 3 is 2.23 bits per heavy atom. The third kappa shape index (κ3) is 8.41. The number of ketones is 1. The quantitative estimate of drug-likeness (QED) is 0.174. The summed E-state index contributed by atoms with van der Waals surface area (Å²) in [6, 6.07) is 12.9. The predicted octanol–water partition coefficient (Wildman–Crippen LogP) is 3.25. The van der Waals surface area contributed by atoms with Crippen LogP contribution in [0, 0.1) is 5.82 Å². The van der Waals surface area contributed by atoms with Crippen LogP contribution in [-0.2, 0) is 14.3 Å². The van der Waals surface area contributed by atoms with Crippen molar-refractivity contribution >= 4 is 23.8 Å². The number of benzene rings is 3. The van der Waals surface area contributed by atoms with Gasteiger partial charge in [-0.05, 0) is 55.3 Å². The van der Waals surface area contributed by atoms with Crippen LogP contribution in [0.25, 0.3) is 0 Å². The van der Waals surface area contributed by atoms with Crippen LogP contribution in [0.4, 0.5) is 9.18 Å². The van der Waals surface area contributed by atoms with E-state index in [4.69, 9.17) is 28.5 Å². The Hall–Kier alpha value is -5.05. The van der Waals surface area contributed by atoms with E-state index in [1.54, 1.807) is 12.1 Å². The summed E-state index contributed by atoms with van der Waals surface area (Å²) < 4.78 is 39.3. The maximum atomic E-state index is 14.6. The Balaban J connectivity index is 1.51. The largest absolute Gasteiger partial charge is 0.497 e. The normalized spacial score (nSPS) is 17.6. The summed E-state index contributed by atoms with van der Waals surface area (Å²) in [4.78, 5) is 57.8. The van der Waals surface area contributed by atoms with E-state index in [1.807, 2.05) is 0 Å². The van der Waals surface area contributed by atoms with E-state index in [2.05, 4.69) is 5.32 Å². The first-order chi connectivity index (χ1) is 22.6. The Bertz CT molecular complexity index is 1600. The number of likely N-dealkylation sites (tertiary alicyclic amines) is 1. The van der Waals surface area contributed by atoms with Crippen LogP contribution < -0.4 is 24.6 Å². The molecule has 0 spiro atoms. The fourth-order valence-corrected chi connectivity index (χ4v) is 5.11. The van der Waals surface area contributed by atoms with Crippen molar-refractivity contribution in [2.75, 3.05) is 48.0 Å². The number of carbonyl (C=O) groups excluding carboxylic acids is 4. The highest BCUT2D eigenvalue weighted by Crippen LogP contribution is 2.28. The number of nitrogens with one attached hydrogen (secondary N) is 1. The molecule has 2 amide bonds. The summed E-state index contributed by atoms with van der Waals surface area (Å²) in [6.45, 7) is -0.733. The molecule has 0 aromatic heterocycles. The number of carbonyl (C=O) groups is 4. The molecule has 3 aromatic carbocycles. The zero-order valence-corrected chi connectivity index (χ0v) is 26.1. The first-order valence-electron chi connectivity index (χ1n) is 14.6. The van der Waals surface area contributed by atoms with Gasteiger partial charge in [0, 0.05) is 26.2 Å². The summed E-state index contributed by atoms with van der Waals surface area (Å²) in [7, 11) is 4.26. The lowest BCUT2D eigenvalue weighted by molar-refractivity contribution is -1.04. The standard InChI is InChI=1S/C33H35FN2O11/c1-42-19-45-27-15-14-24(44-3)17-25(27)31(38)35-23-7-4-5-16-36(18-23,33(40)41)47-32(39)22-12-10-21(11-13-22)30(37)29-26(34)8-6-9-28(29)46-20-43-2/h6,8-15,17,23H,4-5,7,16,18-20H2,1-3H3,(H-,35,38,40,41). The van der Waals surface area contributed by atoms with Crippen molar-refractivity contribution < 1.29 is 61.8 Å². The molecule has 47 heavy (non-hydrogen) atoms. The number of ether oxygens (including phenoxy) is 5. The highest BCUT2D eigenvalue weighted by Gasteiger charge is 2.42. The number of methoxy groups -OCH3 is 3. The lowest BCUT2D eigenvalue weighted by Gasteiger charge is -2.34. The third-order valence-electron chi connectivity index (χ3n) is 7.44. The second-order valence-electron chi connectivity index (χ2n) is 10.6. The molecule has 14 heteroatoms. The molecule has 13 nitrogen and oxygen atoms in total. The van der Waals surface area contributed by atoms with Gasteiger partial charge in [-0.2, -0.15) is 0 Å². The minimum atomic E-state index is -1.67. The fourth-order valence-electron chi connectivity index (χ4n) is 5.11. The zero-order valence-electron chi connectivity index (χ0n) is 26.1. The summed E-state index contributed by atoms with van der Waals surface area (Å²) >= 11 is 0. The molecular formula is C33H35FN2O11. The highest BCUT2D eigenvalue weighted by molar-refractivity contribution is 6.11. The van der Waals surface area contributed by atoms with Crippen molar-refractivity contribution in [3.63, 3.8) is 0 Å². The molecule has 3 aromatic rings. The van der Waals surface area contributed by atoms with E-state index in [0.717, 1.165) is 6.07 Å². The summed E-state index contributed by atoms with van der Waals surface area (Å²) in [5.74, 6) is -2.47. The van der Waals surface area contributed by atoms with Crippen molar-refractivity contribution in [1.29, 1.82) is 0 Å². The van der Waals surface area contributed by atoms with Crippen LogP contribution in [0.5, 0.6) is 17.2 Å². The van der Waals surface area contributed by atoms with E-state index in [-0.39, 0.29) is 60.4 Å². The average molecular weight is 655 g/mol. The number of amides is 2. The molecule has 2 unspecified atom stereocenters. The Morgan fingerprint density at radius 2 is 1.57 bits per heavy atom. The summed E-state index contributed by atoms with van der Waals surface area (Å²) in [5.41, 5.74) is -0.200. The molecular weight excluding hydrogens is 619 g/mol. The molecule has 250 valence electrons. The number of rotatable bonds is 12. The van der Waals surface area contributed by atoms with Crippen LogP contribution in [0.1, 0.15) is 55.9 Å². The molecule has 1 aliphatic heterocycles. The number of hydroxylamine groups is 3. The Kier molecular flexibility index (Phi) is 11.8. The second kappa shape index (κ2) is 16.0. The van der Waals surface area contributed by atoms with Crippen LogP contribution >= 0.6 is 0 Å². The lowest BCUT2D eigenvalue weighted by atomic mass is 10.0. The van der Waals surface area contributed by atoms with Crippen molar-refractivity contribution in [2.45, 2.75) is 25.3 Å². The molecule has 1 aliphatic rings. The molecule has 1 heterocycles. The van der Waals surface area contributed by atoms with Crippen molar-refractivity contribution in [3.05, 3.63) is 88.7 Å². The first kappa shape index (κ1) is 34.8. The van der Waals surface area contributed by atoms with E-state index >= 15 is 0 Å². The molecule has 1 fully saturated rings. The average Bonchev–Trinajstić information content (AvgIpc) is 3.28. The van der Waals surface area contributed by atoms with Gasteiger partial charge in [-0.1, -0.05) is 22.8 Å². The van der Waals surface area contributed by atoms with Crippen LogP contribution in [0.2, 0.25) is 0 Å². The lowest BCUT2D eigenvalue weighted by Crippen LogP contribution is -2.63. The molecule has 4 rings (SSSR count). The Morgan fingerprint density at radius 1 is 0.894 bits per heavy atom. The second-order valence-corrected chi connectivity index (χ2v) is 10.6. The van der Waals surface area contributed by atoms with Crippen LogP contribution in [-0.4, -0.2) is 82.4 Å². The van der Waals surface area contributed by atoms with Crippen LogP contribution in [0.15, 0.2) is 60.7 Å². The molecule has 0 aliphatic carbocycles. The number of nitrogens with zero attached hydrogens (tertiary/aromatic N) is 1. The molecule has 1 N–H and O–H groups in total. The predicted molar refractivity (Wildman–Crippen MR) is 160 cm³/mol. The van der Waals surface area contributed by atoms with Crippen molar-refractivity contribution in [1.82, 2.24) is 5.32 Å². The number of hydrogen-bond donors (Lipinski definition) is 1. The SMILES string of the molecule is COCOc1ccc(OC)cc1C(=O)NC1CCCC[N+](OC(=O)c2ccc(C(=O)c3c(F)cccc3OCOC)cc2)(C(=O)[O-])C1. The van der Waals surface area contributed by atoms with E-state index < -0.39 is 40.3 Å². The minimum Gasteiger partial charge on any atom is -0.497 e. The van der Waals surface area contributed by atoms with Gasteiger partial charge in [-0.3, -0.25) is 14.4 Å². The minimum absolute atomic E-state index is 0.0197. The topological polar surface area (TPSA) is 159 Å². The maximum Gasteiger partial charge on any atom is 0.398 e. The highest BCUT2D eigenvalue weighted by atomic mass is 19.1. The van der Waals surface area contributed by atoms with Crippen molar-refractivity contribution in [2.24, 2.45) is 0 Å². The van der Waals surface area contributed by atoms with E-state index in [0.29, 0.717) is 25.0 Å². The van der Waals surface area contributed by atoms with Gasteiger partial charge in [-0.25, -0.2) is 9.18 Å². The van der Waals surface area contributed by atoms with E-state index in [9.17, 15) is 28.7 Å². The maximum absolute atomic E-state index is 14.6.